The maximum atomic E-state index is 10.6. The molecule has 3 aromatic carbocycles. The Morgan fingerprint density at radius 3 is 0.902 bits per heavy atom. The minimum atomic E-state index is -0.745. The van der Waals surface area contributed by atoms with Crippen molar-refractivity contribution in [2.75, 3.05) is 74.2 Å². The van der Waals surface area contributed by atoms with Crippen LogP contribution in [0.5, 0.6) is 0 Å². The lowest BCUT2D eigenvalue weighted by Gasteiger charge is -2.03. The van der Waals surface area contributed by atoms with E-state index in [2.05, 4.69) is 61.9 Å². The van der Waals surface area contributed by atoms with Crippen molar-refractivity contribution in [3.63, 3.8) is 0 Å². The molecule has 0 fully saturated rings. The Labute approximate surface area is 368 Å². The van der Waals surface area contributed by atoms with E-state index in [-0.39, 0.29) is 24.1 Å². The largest absolute Gasteiger partial charge is 0.481 e. The average molecular weight is 862 g/mol. The Balaban J connectivity index is -0.000000144. The highest BCUT2D eigenvalue weighted by atomic mass is 16.6. The van der Waals surface area contributed by atoms with Gasteiger partial charge in [0.2, 0.25) is 0 Å². The molecule has 0 aromatic heterocycles. The van der Waals surface area contributed by atoms with Gasteiger partial charge in [0.15, 0.2) is 0 Å². The van der Waals surface area contributed by atoms with Crippen molar-refractivity contribution in [3.8, 4) is 6.26 Å². The van der Waals surface area contributed by atoms with Gasteiger partial charge in [0, 0.05) is 39.9 Å². The van der Waals surface area contributed by atoms with Crippen LogP contribution in [0.3, 0.4) is 0 Å². The monoisotopic (exact) mass is 862 g/mol. The van der Waals surface area contributed by atoms with Gasteiger partial charge in [-0.25, -0.2) is 0 Å². The van der Waals surface area contributed by atoms with E-state index in [0.717, 1.165) is 0 Å². The highest BCUT2D eigenvalue weighted by Crippen LogP contribution is 1.94. The number of ketones is 1. The normalized spacial score (nSPS) is 8.46. The lowest BCUT2D eigenvalue weighted by Crippen LogP contribution is -2.11. The van der Waals surface area contributed by atoms with Gasteiger partial charge in [-0.3, -0.25) is 14.4 Å². The number of benzene rings is 3. The molecule has 3 aromatic rings. The summed E-state index contributed by atoms with van der Waals surface area (Å²) in [5.41, 5.74) is 3.97. The molecule has 348 valence electrons. The molecule has 0 aliphatic heterocycles. The summed E-state index contributed by atoms with van der Waals surface area (Å²) in [6.45, 7) is 22.6. The smallest absolute Gasteiger partial charge is 0.305 e. The summed E-state index contributed by atoms with van der Waals surface area (Å²) in [4.78, 5) is 40.4. The van der Waals surface area contributed by atoms with E-state index in [4.69, 9.17) is 38.8 Å². The fourth-order valence-corrected chi connectivity index (χ4v) is 2.72. The van der Waals surface area contributed by atoms with Crippen LogP contribution >= 0.6 is 0 Å². The number of carboxylic acids is 1. The number of aryl methyl sites for hydroxylation is 3. The van der Waals surface area contributed by atoms with E-state index < -0.39 is 5.97 Å². The summed E-state index contributed by atoms with van der Waals surface area (Å²) >= 11 is 0. The standard InChI is InChI=1S/2C8H16O4.3C7H8.C4H8O.C3H6O2.C2H3NO.C2H6/c2*1-3-8(9)12-7-6-11-5-4-10-2;3*1-7-5-3-2-4-6-7;1-3-4(2)5;1-2-3(4)5;1-4-2-3;1-2/h2*3-7H2,1-2H3;3*2-6H,1H3;3H2,1-2H3;2H2,1H3,(H,4,5);1H3;1-2H3. The van der Waals surface area contributed by atoms with Crippen LogP contribution in [-0.4, -0.2) is 103 Å². The van der Waals surface area contributed by atoms with Crippen molar-refractivity contribution >= 4 is 23.7 Å². The fourth-order valence-electron chi connectivity index (χ4n) is 2.72. The van der Waals surface area contributed by atoms with Gasteiger partial charge in [0.1, 0.15) is 19.0 Å². The van der Waals surface area contributed by atoms with Crippen LogP contribution < -0.4 is 0 Å². The van der Waals surface area contributed by atoms with Gasteiger partial charge < -0.3 is 43.1 Å². The molecular weight excluding hydrogens is 783 g/mol. The van der Waals surface area contributed by atoms with E-state index in [1.165, 1.54) is 30.1 Å². The van der Waals surface area contributed by atoms with Gasteiger partial charge >= 0.3 is 17.9 Å². The number of aliphatic carboxylic acids is 1. The van der Waals surface area contributed by atoms with E-state index in [9.17, 15) is 19.2 Å². The van der Waals surface area contributed by atoms with Crippen molar-refractivity contribution in [1.29, 1.82) is 5.26 Å². The van der Waals surface area contributed by atoms with Crippen molar-refractivity contribution < 1.29 is 57.4 Å². The van der Waals surface area contributed by atoms with E-state index >= 15 is 0 Å². The highest BCUT2D eigenvalue weighted by molar-refractivity contribution is 5.74. The number of Topliss-reactive ketones (excluding diaryl/α,β-unsaturated/α-hetero) is 1. The zero-order valence-corrected chi connectivity index (χ0v) is 39.5. The molecule has 0 saturated carbocycles. The highest BCUT2D eigenvalue weighted by Gasteiger charge is 1.97. The third-order valence-electron chi connectivity index (χ3n) is 6.14. The summed E-state index contributed by atoms with van der Waals surface area (Å²) in [6.07, 6.45) is 3.15. The molecule has 0 spiro atoms. The first-order valence-corrected chi connectivity index (χ1v) is 20.4. The summed E-state index contributed by atoms with van der Waals surface area (Å²) in [5.74, 6) is -0.870. The number of nitriles is 1. The van der Waals surface area contributed by atoms with Gasteiger partial charge in [-0.05, 0) is 27.7 Å². The first kappa shape index (κ1) is 67.6. The zero-order chi connectivity index (χ0) is 47.8. The Morgan fingerprint density at radius 1 is 0.508 bits per heavy atom. The second kappa shape index (κ2) is 61.5. The second-order valence-corrected chi connectivity index (χ2v) is 11.4. The molecule has 0 unspecified atom stereocenters. The quantitative estimate of drug-likeness (QED) is 0.0819. The number of hydrogen-bond acceptors (Lipinski definition) is 12. The Bertz CT molecular complexity index is 1220. The van der Waals surface area contributed by atoms with E-state index in [1.54, 1.807) is 41.9 Å². The Morgan fingerprint density at radius 2 is 0.754 bits per heavy atom. The number of nitrogens with zero attached hydrogens (tertiary/aromatic N) is 1. The number of esters is 2. The number of hydrogen-bond donors (Lipinski definition) is 1. The minimum absolute atomic E-state index is 0.189. The van der Waals surface area contributed by atoms with Crippen molar-refractivity contribution in [3.05, 3.63) is 108 Å². The number of carbonyl (C=O) groups excluding carboxylic acids is 3. The average Bonchev–Trinajstić information content (AvgIpc) is 3.28. The van der Waals surface area contributed by atoms with Crippen LogP contribution in [-0.2, 0) is 52.3 Å². The number of rotatable bonds is 16. The molecule has 13 nitrogen and oxygen atoms in total. The maximum absolute atomic E-state index is 10.6. The molecule has 0 amide bonds. The van der Waals surface area contributed by atoms with Gasteiger partial charge in [0.05, 0.1) is 46.8 Å². The third kappa shape index (κ3) is 79.7. The summed E-state index contributed by atoms with van der Waals surface area (Å²) in [7, 11) is 4.54. The number of ether oxygens (including phenoxy) is 7. The molecule has 0 heterocycles. The van der Waals surface area contributed by atoms with Gasteiger partial charge in [-0.1, -0.05) is 149 Å². The zero-order valence-electron chi connectivity index (χ0n) is 39.5. The predicted molar refractivity (Wildman–Crippen MR) is 244 cm³/mol. The van der Waals surface area contributed by atoms with Crippen molar-refractivity contribution in [2.24, 2.45) is 0 Å². The Kier molecular flexibility index (Phi) is 68.2. The predicted octanol–water partition coefficient (Wildman–Crippen LogP) is 9.80. The third-order valence-corrected chi connectivity index (χ3v) is 6.14. The molecule has 0 atom stereocenters. The van der Waals surface area contributed by atoms with Crippen LogP contribution in [0.15, 0.2) is 91.0 Å². The number of methoxy groups -OCH3 is 3. The molecule has 0 aliphatic carbocycles. The molecule has 0 bridgehead atoms. The van der Waals surface area contributed by atoms with Gasteiger partial charge in [-0.2, -0.15) is 5.26 Å². The lowest BCUT2D eigenvalue weighted by atomic mass is 10.2. The van der Waals surface area contributed by atoms with Crippen LogP contribution in [0.2, 0.25) is 0 Å². The summed E-state index contributed by atoms with van der Waals surface area (Å²) < 4.78 is 33.0. The van der Waals surface area contributed by atoms with Crippen molar-refractivity contribution in [1.82, 2.24) is 0 Å². The van der Waals surface area contributed by atoms with Gasteiger partial charge in [0.25, 0.3) is 6.26 Å². The second-order valence-electron chi connectivity index (χ2n) is 11.4. The molecule has 13 heteroatoms. The topological polar surface area (TPSA) is 177 Å². The minimum Gasteiger partial charge on any atom is -0.481 e. The molecule has 1 N–H and O–H groups in total. The summed E-state index contributed by atoms with van der Waals surface area (Å²) in [6, 6.07) is 30.8. The molecule has 61 heavy (non-hydrogen) atoms. The van der Waals surface area contributed by atoms with E-state index in [0.29, 0.717) is 72.1 Å². The lowest BCUT2D eigenvalue weighted by molar-refractivity contribution is -0.145. The number of carbonyl (C=O) groups is 4. The molecule has 0 radical (unpaired) electrons. The van der Waals surface area contributed by atoms with Gasteiger partial charge in [-0.15, -0.1) is 0 Å². The fraction of sp³-hybridized carbons (Fsp3) is 0.521. The SMILES string of the molecule is CC.CCC(=O)O.CCC(=O)OCCOCCOC.CCC(=O)OCCOCCOC.CCC(C)=O.COC#N.Cc1ccccc1.Cc1ccccc1.Cc1ccccc1. The van der Waals surface area contributed by atoms with Crippen LogP contribution in [0, 0.1) is 32.3 Å². The maximum Gasteiger partial charge on any atom is 0.305 e. The molecule has 0 saturated heterocycles. The van der Waals surface area contributed by atoms with Crippen molar-refractivity contribution in [2.45, 2.75) is 94.9 Å². The Hall–Kier alpha value is -5.13. The summed E-state index contributed by atoms with van der Waals surface area (Å²) in [5, 5.41) is 15.1. The molecule has 3 rings (SSSR count). The first-order chi connectivity index (χ1) is 29.3. The van der Waals surface area contributed by atoms with Crippen LogP contribution in [0.1, 0.15) is 90.8 Å². The van der Waals surface area contributed by atoms with E-state index in [1.807, 2.05) is 75.4 Å². The molecular formula is C48H79NO12. The first-order valence-electron chi connectivity index (χ1n) is 20.4. The van der Waals surface area contributed by atoms with Crippen LogP contribution in [0.25, 0.3) is 0 Å². The van der Waals surface area contributed by atoms with Crippen LogP contribution in [0.4, 0.5) is 0 Å². The number of carboxylic acid groups (broad SMARTS) is 1. The molecule has 0 aliphatic rings.